The topological polar surface area (TPSA) is 58.6 Å². The van der Waals surface area contributed by atoms with E-state index in [1.165, 1.54) is 5.56 Å². The van der Waals surface area contributed by atoms with Gasteiger partial charge < -0.3 is 15.2 Å². The van der Waals surface area contributed by atoms with E-state index in [0.717, 1.165) is 29.7 Å². The Bertz CT molecular complexity index is 707. The van der Waals surface area contributed by atoms with Crippen molar-refractivity contribution >= 4 is 28.0 Å². The Morgan fingerprint density at radius 3 is 2.60 bits per heavy atom. The summed E-state index contributed by atoms with van der Waals surface area (Å²) in [7, 11) is 0. The van der Waals surface area contributed by atoms with Crippen molar-refractivity contribution in [1.29, 1.82) is 0 Å². The van der Waals surface area contributed by atoms with Crippen molar-refractivity contribution in [2.75, 3.05) is 19.7 Å². The van der Waals surface area contributed by atoms with Crippen molar-refractivity contribution in [3.8, 4) is 0 Å². The highest BCUT2D eigenvalue weighted by molar-refractivity contribution is 9.10. The Kier molecular flexibility index (Phi) is 7.85. The van der Waals surface area contributed by atoms with E-state index in [-0.39, 0.29) is 6.10 Å². The van der Waals surface area contributed by atoms with Gasteiger partial charge in [-0.2, -0.15) is 0 Å². The van der Waals surface area contributed by atoms with Crippen molar-refractivity contribution in [3.05, 3.63) is 75.8 Å². The van der Waals surface area contributed by atoms with Crippen molar-refractivity contribution in [1.82, 2.24) is 5.32 Å². The lowest BCUT2D eigenvalue weighted by Crippen LogP contribution is -2.37. The van der Waals surface area contributed by atoms with Gasteiger partial charge in [0.25, 0.3) is 0 Å². The fraction of sp³-hybridized carbons (Fsp3) is 0.250. The predicted molar refractivity (Wildman–Crippen MR) is 104 cm³/mol. The fourth-order valence-corrected chi connectivity index (χ4v) is 2.54. The van der Waals surface area contributed by atoms with Gasteiger partial charge >= 0.3 is 5.97 Å². The average molecular weight is 404 g/mol. The normalized spacial score (nSPS) is 17.0. The maximum atomic E-state index is 10.4. The van der Waals surface area contributed by atoms with E-state index in [1.807, 2.05) is 25.1 Å². The molecule has 4 nitrogen and oxygen atoms in total. The number of morpholine rings is 1. The lowest BCUT2D eigenvalue weighted by atomic mass is 10.1. The summed E-state index contributed by atoms with van der Waals surface area (Å²) in [4.78, 5) is 10.4. The van der Waals surface area contributed by atoms with Gasteiger partial charge in [-0.25, -0.2) is 4.79 Å². The molecule has 2 aromatic carbocycles. The molecule has 1 saturated heterocycles. The molecule has 0 spiro atoms. The number of benzene rings is 2. The quantitative estimate of drug-likeness (QED) is 0.807. The number of nitrogens with one attached hydrogen (secondary N) is 1. The third-order valence-electron chi connectivity index (χ3n) is 3.59. The Labute approximate surface area is 156 Å². The van der Waals surface area contributed by atoms with E-state index >= 15 is 0 Å². The first-order valence-corrected chi connectivity index (χ1v) is 8.90. The SMILES string of the molecule is Brc1ccc(C=CC2CNCCO2)cc1.Cc1cccc(C(=O)O)c1. The monoisotopic (exact) mass is 403 g/mol. The molecule has 2 N–H and O–H groups in total. The van der Waals surface area contributed by atoms with Crippen molar-refractivity contribution in [2.45, 2.75) is 13.0 Å². The number of hydrogen-bond acceptors (Lipinski definition) is 3. The van der Waals surface area contributed by atoms with Crippen molar-refractivity contribution in [3.63, 3.8) is 0 Å². The first-order valence-electron chi connectivity index (χ1n) is 8.10. The summed E-state index contributed by atoms with van der Waals surface area (Å²) in [6, 6.07) is 15.1. The van der Waals surface area contributed by atoms with Gasteiger partial charge in [-0.05, 0) is 36.8 Å². The minimum atomic E-state index is -0.872. The first-order chi connectivity index (χ1) is 12.0. The van der Waals surface area contributed by atoms with E-state index < -0.39 is 5.97 Å². The first kappa shape index (κ1) is 19.4. The van der Waals surface area contributed by atoms with E-state index in [1.54, 1.807) is 18.2 Å². The maximum absolute atomic E-state index is 10.4. The molecule has 3 rings (SSSR count). The molecular weight excluding hydrogens is 382 g/mol. The Balaban J connectivity index is 0.000000196. The molecule has 0 radical (unpaired) electrons. The molecule has 1 heterocycles. The molecule has 0 amide bonds. The van der Waals surface area contributed by atoms with E-state index in [2.05, 4.69) is 45.5 Å². The summed E-state index contributed by atoms with van der Waals surface area (Å²) in [6.45, 7) is 4.54. The van der Waals surface area contributed by atoms with E-state index in [9.17, 15) is 4.79 Å². The van der Waals surface area contributed by atoms with Crippen LogP contribution in [-0.2, 0) is 4.74 Å². The second-order valence-electron chi connectivity index (χ2n) is 5.70. The molecule has 0 saturated carbocycles. The summed E-state index contributed by atoms with van der Waals surface area (Å²) in [5.74, 6) is -0.872. The van der Waals surface area contributed by atoms with Crippen molar-refractivity contribution in [2.24, 2.45) is 0 Å². The van der Waals surface area contributed by atoms with Crippen LogP contribution in [0.3, 0.4) is 0 Å². The predicted octanol–water partition coefficient (Wildman–Crippen LogP) is 4.14. The lowest BCUT2D eigenvalue weighted by molar-refractivity contribution is 0.0596. The molecule has 1 aliphatic rings. The molecule has 0 aliphatic carbocycles. The van der Waals surface area contributed by atoms with Crippen LogP contribution in [0.5, 0.6) is 0 Å². The Hall–Kier alpha value is -1.95. The second kappa shape index (κ2) is 10.1. The fourth-order valence-electron chi connectivity index (χ4n) is 2.28. The second-order valence-corrected chi connectivity index (χ2v) is 6.61. The molecule has 1 fully saturated rings. The van der Waals surface area contributed by atoms with Gasteiger partial charge in [-0.1, -0.05) is 57.9 Å². The average Bonchev–Trinajstić information content (AvgIpc) is 2.63. The highest BCUT2D eigenvalue weighted by Crippen LogP contribution is 2.12. The molecule has 25 heavy (non-hydrogen) atoms. The highest BCUT2D eigenvalue weighted by atomic mass is 79.9. The minimum absolute atomic E-state index is 0.211. The Morgan fingerprint density at radius 2 is 2.04 bits per heavy atom. The summed E-state index contributed by atoms with van der Waals surface area (Å²) in [5, 5.41) is 11.8. The van der Waals surface area contributed by atoms with Gasteiger partial charge in [0.2, 0.25) is 0 Å². The van der Waals surface area contributed by atoms with Crippen LogP contribution >= 0.6 is 15.9 Å². The smallest absolute Gasteiger partial charge is 0.335 e. The number of carboxylic acids is 1. The lowest BCUT2D eigenvalue weighted by Gasteiger charge is -2.20. The molecule has 0 aromatic heterocycles. The maximum Gasteiger partial charge on any atom is 0.335 e. The number of carboxylic acid groups (broad SMARTS) is 1. The van der Waals surface area contributed by atoms with E-state index in [0.29, 0.717) is 5.56 Å². The number of aromatic carboxylic acids is 1. The number of halogens is 1. The molecule has 2 aromatic rings. The van der Waals surface area contributed by atoms with Gasteiger partial charge in [0.05, 0.1) is 18.3 Å². The largest absolute Gasteiger partial charge is 0.478 e. The molecular formula is C20H22BrNO3. The third-order valence-corrected chi connectivity index (χ3v) is 4.12. The van der Waals surface area contributed by atoms with Gasteiger partial charge in [0.1, 0.15) is 0 Å². The van der Waals surface area contributed by atoms with E-state index in [4.69, 9.17) is 9.84 Å². The van der Waals surface area contributed by atoms with Gasteiger partial charge in [-0.3, -0.25) is 0 Å². The zero-order valence-corrected chi connectivity index (χ0v) is 15.7. The van der Waals surface area contributed by atoms with Crippen LogP contribution in [0.15, 0.2) is 59.1 Å². The molecule has 1 aliphatic heterocycles. The van der Waals surface area contributed by atoms with Gasteiger partial charge in [0.15, 0.2) is 0 Å². The molecule has 1 unspecified atom stereocenters. The number of rotatable bonds is 3. The van der Waals surface area contributed by atoms with Crippen LogP contribution in [0.25, 0.3) is 6.08 Å². The standard InChI is InChI=1S/C12H14BrNO.C8H8O2/c13-11-4-1-10(2-5-11)3-6-12-9-14-7-8-15-12;1-6-3-2-4-7(5-6)8(9)10/h1-6,12,14H,7-9H2;2-5H,1H3,(H,9,10). The molecule has 132 valence electrons. The van der Waals surface area contributed by atoms with Gasteiger partial charge in [0, 0.05) is 17.6 Å². The van der Waals surface area contributed by atoms with Gasteiger partial charge in [-0.15, -0.1) is 0 Å². The molecule has 5 heteroatoms. The molecule has 1 atom stereocenters. The molecule has 0 bridgehead atoms. The summed E-state index contributed by atoms with van der Waals surface area (Å²) in [6.07, 6.45) is 4.42. The van der Waals surface area contributed by atoms with Crippen LogP contribution < -0.4 is 5.32 Å². The summed E-state index contributed by atoms with van der Waals surface area (Å²) >= 11 is 3.41. The zero-order valence-electron chi connectivity index (χ0n) is 14.1. The van der Waals surface area contributed by atoms with Crippen molar-refractivity contribution < 1.29 is 14.6 Å². The zero-order chi connectivity index (χ0) is 18.1. The number of aryl methyl sites for hydroxylation is 1. The summed E-state index contributed by atoms with van der Waals surface area (Å²) < 4.78 is 6.67. The Morgan fingerprint density at radius 1 is 1.28 bits per heavy atom. The van der Waals surface area contributed by atoms with Crippen LogP contribution in [0, 0.1) is 6.92 Å². The third kappa shape index (κ3) is 7.22. The highest BCUT2D eigenvalue weighted by Gasteiger charge is 2.08. The van der Waals surface area contributed by atoms with Crippen LogP contribution in [0.1, 0.15) is 21.5 Å². The minimum Gasteiger partial charge on any atom is -0.478 e. The summed E-state index contributed by atoms with van der Waals surface area (Å²) in [5.41, 5.74) is 2.52. The number of hydrogen-bond donors (Lipinski definition) is 2. The number of ether oxygens (including phenoxy) is 1. The van der Waals surface area contributed by atoms with Crippen LogP contribution in [-0.4, -0.2) is 36.9 Å². The van der Waals surface area contributed by atoms with Crippen LogP contribution in [0.4, 0.5) is 0 Å². The van der Waals surface area contributed by atoms with Crippen LogP contribution in [0.2, 0.25) is 0 Å². The number of carbonyl (C=O) groups is 1.